The molecular weight excluding hydrogens is 288 g/mol. The number of aryl methyl sites for hydroxylation is 1. The fourth-order valence-electron chi connectivity index (χ4n) is 2.94. The van der Waals surface area contributed by atoms with Gasteiger partial charge < -0.3 is 5.73 Å². The molecule has 3 heteroatoms. The summed E-state index contributed by atoms with van der Waals surface area (Å²) in [7, 11) is 0. The van der Waals surface area contributed by atoms with Crippen LogP contribution in [0.3, 0.4) is 0 Å². The first-order chi connectivity index (χ1) is 8.63. The number of rotatable bonds is 3. The van der Waals surface area contributed by atoms with E-state index in [1.54, 1.807) is 0 Å². The molecule has 2 N–H and O–H groups in total. The van der Waals surface area contributed by atoms with Crippen molar-refractivity contribution < 1.29 is 0 Å². The fourth-order valence-corrected chi connectivity index (χ4v) is 3.66. The van der Waals surface area contributed by atoms with Crippen molar-refractivity contribution in [2.24, 2.45) is 5.73 Å². The highest BCUT2D eigenvalue weighted by atomic mass is 79.9. The summed E-state index contributed by atoms with van der Waals surface area (Å²) in [5.74, 6) is 0. The molecule has 0 aliphatic carbocycles. The maximum Gasteiger partial charge on any atom is 0.0510 e. The zero-order valence-electron chi connectivity index (χ0n) is 11.3. The average molecular weight is 311 g/mol. The predicted molar refractivity (Wildman–Crippen MR) is 80.7 cm³/mol. The van der Waals surface area contributed by atoms with E-state index in [1.807, 2.05) is 0 Å². The van der Waals surface area contributed by atoms with E-state index in [0.29, 0.717) is 6.04 Å². The molecule has 2 rings (SSSR count). The molecule has 2 nitrogen and oxygen atoms in total. The van der Waals surface area contributed by atoms with Gasteiger partial charge in [-0.1, -0.05) is 35.0 Å². The molecule has 0 saturated carbocycles. The molecule has 0 spiro atoms. The number of halogens is 1. The van der Waals surface area contributed by atoms with Gasteiger partial charge in [0.25, 0.3) is 0 Å². The Balaban J connectivity index is 2.31. The van der Waals surface area contributed by atoms with Crippen LogP contribution < -0.4 is 5.73 Å². The van der Waals surface area contributed by atoms with E-state index in [1.165, 1.54) is 35.0 Å². The highest BCUT2D eigenvalue weighted by molar-refractivity contribution is 9.10. The smallest absolute Gasteiger partial charge is 0.0510 e. The van der Waals surface area contributed by atoms with E-state index in [9.17, 15) is 0 Å². The number of hydrogen-bond donors (Lipinski definition) is 1. The lowest BCUT2D eigenvalue weighted by molar-refractivity contribution is 0.128. The number of hydrogen-bond acceptors (Lipinski definition) is 2. The Bertz CT molecular complexity index is 403. The molecule has 0 radical (unpaired) electrons. The monoisotopic (exact) mass is 310 g/mol. The molecule has 0 aromatic heterocycles. The molecular formula is C15H23BrN2. The molecule has 1 fully saturated rings. The topological polar surface area (TPSA) is 29.3 Å². The van der Waals surface area contributed by atoms with Gasteiger partial charge in [-0.2, -0.15) is 0 Å². The number of nitrogens with two attached hydrogens (primary N) is 1. The summed E-state index contributed by atoms with van der Waals surface area (Å²) in [6.45, 7) is 6.67. The summed E-state index contributed by atoms with van der Waals surface area (Å²) in [5, 5.41) is 0. The Morgan fingerprint density at radius 3 is 2.89 bits per heavy atom. The van der Waals surface area contributed by atoms with Crippen molar-refractivity contribution in [2.75, 3.05) is 13.1 Å². The molecule has 1 saturated heterocycles. The van der Waals surface area contributed by atoms with Crippen LogP contribution in [0.2, 0.25) is 0 Å². The van der Waals surface area contributed by atoms with Crippen LogP contribution in [0, 0.1) is 6.92 Å². The van der Waals surface area contributed by atoms with E-state index in [2.05, 4.69) is 52.9 Å². The minimum Gasteiger partial charge on any atom is -0.326 e. The van der Waals surface area contributed by atoms with Gasteiger partial charge in [-0.15, -0.1) is 0 Å². The van der Waals surface area contributed by atoms with Crippen LogP contribution >= 0.6 is 15.9 Å². The van der Waals surface area contributed by atoms with Crippen LogP contribution in [0.25, 0.3) is 0 Å². The first-order valence-electron chi connectivity index (χ1n) is 6.89. The summed E-state index contributed by atoms with van der Waals surface area (Å²) in [6, 6.07) is 7.24. The van der Waals surface area contributed by atoms with Crippen LogP contribution in [0.4, 0.5) is 0 Å². The Kier molecular flexibility index (Phi) is 4.82. The van der Waals surface area contributed by atoms with E-state index in [4.69, 9.17) is 5.73 Å². The fraction of sp³-hybridized carbons (Fsp3) is 0.600. The molecule has 0 amide bonds. The largest absolute Gasteiger partial charge is 0.326 e. The third-order valence-corrected chi connectivity index (χ3v) is 4.45. The summed E-state index contributed by atoms with van der Waals surface area (Å²) in [5.41, 5.74) is 9.01. The Morgan fingerprint density at radius 2 is 2.22 bits per heavy atom. The van der Waals surface area contributed by atoms with Crippen molar-refractivity contribution >= 4 is 15.9 Å². The summed E-state index contributed by atoms with van der Waals surface area (Å²) in [4.78, 5) is 2.55. The molecule has 1 aromatic carbocycles. The van der Waals surface area contributed by atoms with Gasteiger partial charge in [-0.05, 0) is 56.5 Å². The van der Waals surface area contributed by atoms with E-state index >= 15 is 0 Å². The Labute approximate surface area is 119 Å². The maximum atomic E-state index is 6.38. The molecule has 100 valence electrons. The van der Waals surface area contributed by atoms with Crippen molar-refractivity contribution in [1.29, 1.82) is 0 Å². The van der Waals surface area contributed by atoms with Crippen LogP contribution in [0.5, 0.6) is 0 Å². The first kappa shape index (κ1) is 14.0. The van der Waals surface area contributed by atoms with Gasteiger partial charge in [0.2, 0.25) is 0 Å². The molecule has 1 aliphatic rings. The lowest BCUT2D eigenvalue weighted by Gasteiger charge is -2.40. The van der Waals surface area contributed by atoms with Gasteiger partial charge in [0.15, 0.2) is 0 Å². The number of nitrogens with zero attached hydrogens (tertiary/aromatic N) is 1. The maximum absolute atomic E-state index is 6.38. The quantitative estimate of drug-likeness (QED) is 0.923. The minimum atomic E-state index is 0.254. The summed E-state index contributed by atoms with van der Waals surface area (Å²) in [6.07, 6.45) is 3.54. The predicted octanol–water partition coefficient (Wildman–Crippen LogP) is 3.63. The van der Waals surface area contributed by atoms with Gasteiger partial charge in [-0.25, -0.2) is 0 Å². The molecule has 1 heterocycles. The highest BCUT2D eigenvalue weighted by Crippen LogP contribution is 2.34. The second-order valence-corrected chi connectivity index (χ2v) is 6.17. The molecule has 18 heavy (non-hydrogen) atoms. The second kappa shape index (κ2) is 6.18. The first-order valence-corrected chi connectivity index (χ1v) is 7.68. The third-order valence-electron chi connectivity index (χ3n) is 3.77. The minimum absolute atomic E-state index is 0.254. The van der Waals surface area contributed by atoms with Crippen molar-refractivity contribution in [3.63, 3.8) is 0 Å². The Hall–Kier alpha value is -0.380. The zero-order chi connectivity index (χ0) is 13.1. The lowest BCUT2D eigenvalue weighted by atomic mass is 9.90. The highest BCUT2D eigenvalue weighted by Gasteiger charge is 2.30. The van der Waals surface area contributed by atoms with Crippen molar-refractivity contribution in [1.82, 2.24) is 4.90 Å². The standard InChI is InChI=1S/C15H23BrN2/c1-3-8-18-9-4-5-14(17)15(18)12-7-6-11(2)10-13(12)16/h6-7,10,14-15H,3-5,8-9,17H2,1-2H3. The third kappa shape index (κ3) is 2.95. The average Bonchev–Trinajstić information content (AvgIpc) is 2.31. The molecule has 0 bridgehead atoms. The lowest BCUT2D eigenvalue weighted by Crippen LogP contribution is -2.46. The Morgan fingerprint density at radius 1 is 1.44 bits per heavy atom. The molecule has 1 aliphatic heterocycles. The molecule has 1 aromatic rings. The van der Waals surface area contributed by atoms with Gasteiger partial charge in [0.05, 0.1) is 6.04 Å². The van der Waals surface area contributed by atoms with Gasteiger partial charge >= 0.3 is 0 Å². The van der Waals surface area contributed by atoms with Gasteiger partial charge in [0, 0.05) is 10.5 Å². The van der Waals surface area contributed by atoms with E-state index < -0.39 is 0 Å². The molecule has 2 atom stereocenters. The van der Waals surface area contributed by atoms with Crippen molar-refractivity contribution in [2.45, 2.75) is 45.2 Å². The van der Waals surface area contributed by atoms with Crippen LogP contribution in [0.15, 0.2) is 22.7 Å². The van der Waals surface area contributed by atoms with E-state index in [-0.39, 0.29) is 6.04 Å². The van der Waals surface area contributed by atoms with Gasteiger partial charge in [0.1, 0.15) is 0 Å². The van der Waals surface area contributed by atoms with Crippen molar-refractivity contribution in [3.8, 4) is 0 Å². The van der Waals surface area contributed by atoms with Crippen LogP contribution in [0.1, 0.15) is 43.4 Å². The van der Waals surface area contributed by atoms with Gasteiger partial charge in [-0.3, -0.25) is 4.90 Å². The van der Waals surface area contributed by atoms with Crippen LogP contribution in [-0.2, 0) is 0 Å². The normalized spacial score (nSPS) is 25.3. The molecule has 2 unspecified atom stereocenters. The zero-order valence-corrected chi connectivity index (χ0v) is 12.9. The second-order valence-electron chi connectivity index (χ2n) is 5.31. The summed E-state index contributed by atoms with van der Waals surface area (Å²) >= 11 is 3.71. The van der Waals surface area contributed by atoms with Crippen molar-refractivity contribution in [3.05, 3.63) is 33.8 Å². The number of benzene rings is 1. The summed E-state index contributed by atoms with van der Waals surface area (Å²) < 4.78 is 1.20. The SMILES string of the molecule is CCCN1CCCC(N)C1c1ccc(C)cc1Br. The number of likely N-dealkylation sites (tertiary alicyclic amines) is 1. The van der Waals surface area contributed by atoms with Crippen LogP contribution in [-0.4, -0.2) is 24.0 Å². The number of piperidine rings is 1. The van der Waals surface area contributed by atoms with E-state index in [0.717, 1.165) is 13.0 Å².